The van der Waals surface area contributed by atoms with Gasteiger partial charge in [0.2, 0.25) is 0 Å². The van der Waals surface area contributed by atoms with Gasteiger partial charge in [0, 0.05) is 24.7 Å². The van der Waals surface area contributed by atoms with Gasteiger partial charge in [-0.3, -0.25) is 4.90 Å². The van der Waals surface area contributed by atoms with Crippen molar-refractivity contribution in [2.24, 2.45) is 0 Å². The normalized spacial score (nSPS) is 20.3. The lowest BCUT2D eigenvalue weighted by Crippen LogP contribution is -2.40. The maximum Gasteiger partial charge on any atom is 0.161 e. The number of hydrogen-bond acceptors (Lipinski definition) is 5. The molecular weight excluding hydrogens is 340 g/mol. The van der Waals surface area contributed by atoms with Crippen LogP contribution >= 0.6 is 0 Å². The van der Waals surface area contributed by atoms with E-state index in [-0.39, 0.29) is 6.61 Å². The molecule has 1 saturated carbocycles. The Balaban J connectivity index is 1.57. The average molecular weight is 377 g/mol. The van der Waals surface area contributed by atoms with E-state index in [0.717, 1.165) is 12.3 Å². The predicted octanol–water partition coefficient (Wildman–Crippen LogP) is 3.29. The van der Waals surface area contributed by atoms with Crippen LogP contribution in [0, 0.1) is 0 Å². The van der Waals surface area contributed by atoms with Crippen LogP contribution in [-0.2, 0) is 6.54 Å². The number of methoxy groups -OCH3 is 1. The number of aliphatic hydroxyl groups is 1. The first-order valence-corrected chi connectivity index (χ1v) is 10.4. The van der Waals surface area contributed by atoms with Crippen LogP contribution in [0.1, 0.15) is 51.5 Å². The van der Waals surface area contributed by atoms with Gasteiger partial charge in [-0.15, -0.1) is 0 Å². The SMILES string of the molecule is COc1cc(CN2CCCCC23CC3)ccc1OC[C@H](O)CN(C)C(C)C. The van der Waals surface area contributed by atoms with Gasteiger partial charge >= 0.3 is 0 Å². The van der Waals surface area contributed by atoms with Crippen LogP contribution in [0.3, 0.4) is 0 Å². The van der Waals surface area contributed by atoms with Gasteiger partial charge in [-0.25, -0.2) is 0 Å². The lowest BCUT2D eigenvalue weighted by atomic mass is 9.99. The maximum absolute atomic E-state index is 10.2. The highest BCUT2D eigenvalue weighted by atomic mass is 16.5. The van der Waals surface area contributed by atoms with E-state index < -0.39 is 6.10 Å². The van der Waals surface area contributed by atoms with E-state index in [1.54, 1.807) is 7.11 Å². The van der Waals surface area contributed by atoms with Gasteiger partial charge in [-0.2, -0.15) is 0 Å². The molecule has 5 nitrogen and oxygen atoms in total. The van der Waals surface area contributed by atoms with Crippen LogP contribution < -0.4 is 9.47 Å². The Labute approximate surface area is 164 Å². The second-order valence-electron chi connectivity index (χ2n) is 8.59. The fourth-order valence-electron chi connectivity index (χ4n) is 4.04. The van der Waals surface area contributed by atoms with Gasteiger partial charge in [0.15, 0.2) is 11.5 Å². The second-order valence-corrected chi connectivity index (χ2v) is 8.59. The maximum atomic E-state index is 10.2. The number of hydrogen-bond donors (Lipinski definition) is 1. The number of likely N-dealkylation sites (tertiary alicyclic amines) is 1. The zero-order valence-corrected chi connectivity index (χ0v) is 17.4. The predicted molar refractivity (Wildman–Crippen MR) is 108 cm³/mol. The van der Waals surface area contributed by atoms with Crippen molar-refractivity contribution in [3.8, 4) is 11.5 Å². The summed E-state index contributed by atoms with van der Waals surface area (Å²) in [5.41, 5.74) is 1.76. The first kappa shape index (κ1) is 20.4. The van der Waals surface area contributed by atoms with Gasteiger partial charge in [-0.05, 0) is 70.8 Å². The molecule has 1 aliphatic carbocycles. The first-order chi connectivity index (χ1) is 12.9. The van der Waals surface area contributed by atoms with Crippen molar-refractivity contribution in [3.63, 3.8) is 0 Å². The van der Waals surface area contributed by atoms with Crippen molar-refractivity contribution in [1.82, 2.24) is 9.80 Å². The topological polar surface area (TPSA) is 45.2 Å². The molecule has 5 heteroatoms. The summed E-state index contributed by atoms with van der Waals surface area (Å²) < 4.78 is 11.4. The second kappa shape index (κ2) is 8.80. The molecular formula is C22H36N2O3. The molecule has 1 spiro atoms. The molecule has 152 valence electrons. The Morgan fingerprint density at radius 1 is 1.19 bits per heavy atom. The lowest BCUT2D eigenvalue weighted by molar-refractivity contribution is 0.0668. The molecule has 0 radical (unpaired) electrons. The van der Waals surface area contributed by atoms with E-state index in [2.05, 4.69) is 35.8 Å². The molecule has 0 aromatic heterocycles. The summed E-state index contributed by atoms with van der Waals surface area (Å²) in [7, 11) is 3.69. The minimum Gasteiger partial charge on any atom is -0.493 e. The number of rotatable bonds is 9. The molecule has 0 unspecified atom stereocenters. The van der Waals surface area contributed by atoms with E-state index in [9.17, 15) is 5.11 Å². The Hall–Kier alpha value is -1.30. The molecule has 1 heterocycles. The molecule has 1 saturated heterocycles. The molecule has 1 aliphatic heterocycles. The van der Waals surface area contributed by atoms with E-state index in [0.29, 0.717) is 23.9 Å². The van der Waals surface area contributed by atoms with Gasteiger partial charge in [0.25, 0.3) is 0 Å². The number of ether oxygens (including phenoxy) is 2. The Morgan fingerprint density at radius 3 is 2.63 bits per heavy atom. The average Bonchev–Trinajstić information content (AvgIpc) is 3.42. The van der Waals surface area contributed by atoms with Crippen LogP contribution in [0.2, 0.25) is 0 Å². The zero-order chi connectivity index (χ0) is 19.4. The molecule has 2 fully saturated rings. The minimum absolute atomic E-state index is 0.266. The largest absolute Gasteiger partial charge is 0.493 e. The van der Waals surface area contributed by atoms with E-state index in [1.807, 2.05) is 13.1 Å². The van der Waals surface area contributed by atoms with Crippen molar-refractivity contribution in [2.45, 2.75) is 70.2 Å². The summed E-state index contributed by atoms with van der Waals surface area (Å²) in [6.07, 6.45) is 6.23. The highest BCUT2D eigenvalue weighted by molar-refractivity contribution is 5.43. The van der Waals surface area contributed by atoms with Crippen LogP contribution in [0.5, 0.6) is 11.5 Å². The fourth-order valence-corrected chi connectivity index (χ4v) is 4.04. The summed E-state index contributed by atoms with van der Waals surface area (Å²) in [6.45, 7) is 7.28. The molecule has 0 bridgehead atoms. The third kappa shape index (κ3) is 5.15. The Morgan fingerprint density at radius 2 is 1.96 bits per heavy atom. The molecule has 1 atom stereocenters. The molecule has 1 aromatic rings. The number of nitrogens with zero attached hydrogens (tertiary/aromatic N) is 2. The quantitative estimate of drug-likeness (QED) is 0.716. The first-order valence-electron chi connectivity index (χ1n) is 10.4. The molecule has 1 aromatic carbocycles. The summed E-state index contributed by atoms with van der Waals surface area (Å²) in [5, 5.41) is 10.2. The molecule has 2 aliphatic rings. The molecule has 3 rings (SSSR count). The van der Waals surface area contributed by atoms with Crippen LogP contribution in [0.25, 0.3) is 0 Å². The number of likely N-dealkylation sites (N-methyl/N-ethyl adjacent to an activating group) is 1. The summed E-state index contributed by atoms with van der Waals surface area (Å²) in [6, 6.07) is 6.61. The lowest BCUT2D eigenvalue weighted by Gasteiger charge is -2.36. The number of aliphatic hydroxyl groups excluding tert-OH is 1. The summed E-state index contributed by atoms with van der Waals surface area (Å²) >= 11 is 0. The third-order valence-corrected chi connectivity index (χ3v) is 6.23. The molecule has 27 heavy (non-hydrogen) atoms. The van der Waals surface area contributed by atoms with Crippen molar-refractivity contribution in [3.05, 3.63) is 23.8 Å². The smallest absolute Gasteiger partial charge is 0.161 e. The van der Waals surface area contributed by atoms with Gasteiger partial charge in [-0.1, -0.05) is 12.5 Å². The highest BCUT2D eigenvalue weighted by Crippen LogP contribution is 2.49. The fraction of sp³-hybridized carbons (Fsp3) is 0.727. The number of benzene rings is 1. The van der Waals surface area contributed by atoms with Crippen LogP contribution in [-0.4, -0.2) is 66.4 Å². The zero-order valence-electron chi connectivity index (χ0n) is 17.4. The van der Waals surface area contributed by atoms with E-state index in [1.165, 1.54) is 44.2 Å². The number of piperidine rings is 1. The van der Waals surface area contributed by atoms with E-state index >= 15 is 0 Å². The van der Waals surface area contributed by atoms with Crippen LogP contribution in [0.4, 0.5) is 0 Å². The summed E-state index contributed by atoms with van der Waals surface area (Å²) in [5.74, 6) is 1.45. The minimum atomic E-state index is -0.523. The van der Waals surface area contributed by atoms with Crippen molar-refractivity contribution in [1.29, 1.82) is 0 Å². The Kier molecular flexibility index (Phi) is 6.66. The van der Waals surface area contributed by atoms with Crippen molar-refractivity contribution in [2.75, 3.05) is 33.9 Å². The van der Waals surface area contributed by atoms with Gasteiger partial charge in [0.05, 0.1) is 7.11 Å². The third-order valence-electron chi connectivity index (χ3n) is 6.23. The van der Waals surface area contributed by atoms with Gasteiger partial charge in [0.1, 0.15) is 12.7 Å². The molecule has 0 amide bonds. The monoisotopic (exact) mass is 376 g/mol. The molecule has 1 N–H and O–H groups in total. The van der Waals surface area contributed by atoms with Crippen LogP contribution in [0.15, 0.2) is 18.2 Å². The van der Waals surface area contributed by atoms with E-state index in [4.69, 9.17) is 9.47 Å². The standard InChI is InChI=1S/C22H36N2O3/c1-17(2)23(3)15-19(25)16-27-20-8-7-18(13-21(20)26-4)14-24-12-6-5-9-22(24)10-11-22/h7-8,13,17,19,25H,5-6,9-12,14-16H2,1-4H3/t19-/m1/s1. The van der Waals surface area contributed by atoms with Crippen molar-refractivity contribution >= 4 is 0 Å². The summed E-state index contributed by atoms with van der Waals surface area (Å²) in [4.78, 5) is 4.78. The highest BCUT2D eigenvalue weighted by Gasteiger charge is 2.48. The van der Waals surface area contributed by atoms with Crippen molar-refractivity contribution < 1.29 is 14.6 Å². The van der Waals surface area contributed by atoms with Gasteiger partial charge < -0.3 is 19.5 Å². The Bertz CT molecular complexity index is 616.